The number of aromatic nitrogens is 1. The van der Waals surface area contributed by atoms with Crippen LogP contribution in [0.4, 0.5) is 5.69 Å². The number of H-pyrrole nitrogens is 1. The second-order valence-corrected chi connectivity index (χ2v) is 5.82. The zero-order valence-electron chi connectivity index (χ0n) is 13.8. The molecule has 6 heteroatoms. The third-order valence-electron chi connectivity index (χ3n) is 4.04. The SMILES string of the molecule is O=[N+]([O-])c1cc(CCCOCCO)cc2cc(-c3ccccc3)[nH]c12. The van der Waals surface area contributed by atoms with Crippen LogP contribution in [0.3, 0.4) is 0 Å². The molecule has 25 heavy (non-hydrogen) atoms. The highest BCUT2D eigenvalue weighted by atomic mass is 16.6. The molecule has 0 fully saturated rings. The van der Waals surface area contributed by atoms with Crippen LogP contribution in [0.25, 0.3) is 22.2 Å². The summed E-state index contributed by atoms with van der Waals surface area (Å²) in [6.07, 6.45) is 1.44. The van der Waals surface area contributed by atoms with E-state index in [1.54, 1.807) is 6.07 Å². The number of nitrogens with one attached hydrogen (secondary N) is 1. The molecule has 2 N–H and O–H groups in total. The zero-order chi connectivity index (χ0) is 17.6. The minimum absolute atomic E-state index is 0.00302. The Balaban J connectivity index is 1.89. The summed E-state index contributed by atoms with van der Waals surface area (Å²) in [6, 6.07) is 15.3. The maximum Gasteiger partial charge on any atom is 0.293 e. The minimum Gasteiger partial charge on any atom is -0.394 e. The van der Waals surface area contributed by atoms with Gasteiger partial charge in [0.15, 0.2) is 0 Å². The van der Waals surface area contributed by atoms with Crippen molar-refractivity contribution in [1.82, 2.24) is 4.98 Å². The van der Waals surface area contributed by atoms with Crippen LogP contribution in [-0.4, -0.2) is 34.8 Å². The van der Waals surface area contributed by atoms with Crippen LogP contribution in [-0.2, 0) is 11.2 Å². The Labute approximate surface area is 145 Å². The van der Waals surface area contributed by atoms with Crippen molar-refractivity contribution >= 4 is 16.6 Å². The van der Waals surface area contributed by atoms with Gasteiger partial charge in [0.05, 0.1) is 18.1 Å². The fourth-order valence-electron chi connectivity index (χ4n) is 2.89. The number of aryl methyl sites for hydroxylation is 1. The summed E-state index contributed by atoms with van der Waals surface area (Å²) in [4.78, 5) is 14.3. The number of benzene rings is 2. The molecule has 0 saturated heterocycles. The average molecular weight is 340 g/mol. The van der Waals surface area contributed by atoms with Crippen molar-refractivity contribution in [2.75, 3.05) is 19.8 Å². The zero-order valence-corrected chi connectivity index (χ0v) is 13.8. The average Bonchev–Trinajstić information content (AvgIpc) is 3.05. The molecule has 0 saturated carbocycles. The number of aliphatic hydroxyl groups is 1. The van der Waals surface area contributed by atoms with E-state index in [2.05, 4.69) is 4.98 Å². The van der Waals surface area contributed by atoms with E-state index in [9.17, 15) is 10.1 Å². The third-order valence-corrected chi connectivity index (χ3v) is 4.04. The molecule has 0 spiro atoms. The van der Waals surface area contributed by atoms with Crippen LogP contribution in [0.1, 0.15) is 12.0 Å². The van der Waals surface area contributed by atoms with Crippen molar-refractivity contribution in [3.63, 3.8) is 0 Å². The first-order valence-electron chi connectivity index (χ1n) is 8.23. The molecule has 0 bridgehead atoms. The van der Waals surface area contributed by atoms with Gasteiger partial charge in [-0.3, -0.25) is 10.1 Å². The molecule has 3 aromatic rings. The minimum atomic E-state index is -0.348. The Morgan fingerprint density at radius 3 is 2.64 bits per heavy atom. The van der Waals surface area contributed by atoms with Gasteiger partial charge in [-0.05, 0) is 36.1 Å². The van der Waals surface area contributed by atoms with Crippen LogP contribution in [0, 0.1) is 10.1 Å². The van der Waals surface area contributed by atoms with Crippen molar-refractivity contribution in [3.05, 3.63) is 64.2 Å². The third kappa shape index (κ3) is 4.04. The van der Waals surface area contributed by atoms with Crippen molar-refractivity contribution in [2.45, 2.75) is 12.8 Å². The fraction of sp³-hybridized carbons (Fsp3) is 0.263. The summed E-state index contributed by atoms with van der Waals surface area (Å²) in [7, 11) is 0. The number of nitrogens with zero attached hydrogens (tertiary/aromatic N) is 1. The van der Waals surface area contributed by atoms with E-state index in [1.807, 2.05) is 42.5 Å². The molecule has 1 heterocycles. The maximum atomic E-state index is 11.5. The first kappa shape index (κ1) is 17.1. The first-order chi connectivity index (χ1) is 12.2. The summed E-state index contributed by atoms with van der Waals surface area (Å²) < 4.78 is 5.24. The van der Waals surface area contributed by atoms with Gasteiger partial charge < -0.3 is 14.8 Å². The Morgan fingerprint density at radius 1 is 1.12 bits per heavy atom. The molecule has 0 aliphatic rings. The molecule has 0 radical (unpaired) electrons. The molecule has 1 aromatic heterocycles. The van der Waals surface area contributed by atoms with Gasteiger partial charge in [0.1, 0.15) is 5.52 Å². The fourth-order valence-corrected chi connectivity index (χ4v) is 2.89. The Morgan fingerprint density at radius 2 is 1.92 bits per heavy atom. The van der Waals surface area contributed by atoms with Gasteiger partial charge in [0.25, 0.3) is 5.69 Å². The Kier molecular flexibility index (Phi) is 5.42. The number of ether oxygens (including phenoxy) is 1. The highest BCUT2D eigenvalue weighted by Crippen LogP contribution is 2.31. The monoisotopic (exact) mass is 340 g/mol. The quantitative estimate of drug-likeness (QED) is 0.372. The van der Waals surface area contributed by atoms with Gasteiger partial charge in [0, 0.05) is 23.8 Å². The molecule has 0 atom stereocenters. The van der Waals surface area contributed by atoms with E-state index in [0.29, 0.717) is 25.2 Å². The van der Waals surface area contributed by atoms with E-state index in [1.165, 1.54) is 0 Å². The summed E-state index contributed by atoms with van der Waals surface area (Å²) in [6.45, 7) is 0.843. The number of aromatic amines is 1. The number of non-ortho nitro benzene ring substituents is 1. The van der Waals surface area contributed by atoms with Crippen molar-refractivity contribution in [1.29, 1.82) is 0 Å². The number of rotatable bonds is 8. The highest BCUT2D eigenvalue weighted by Gasteiger charge is 2.17. The first-order valence-corrected chi connectivity index (χ1v) is 8.23. The Hall–Kier alpha value is -2.70. The number of nitro groups is 1. The molecular formula is C19H20N2O4. The molecular weight excluding hydrogens is 320 g/mol. The van der Waals surface area contributed by atoms with E-state index < -0.39 is 0 Å². The van der Waals surface area contributed by atoms with Crippen LogP contribution < -0.4 is 0 Å². The van der Waals surface area contributed by atoms with Gasteiger partial charge in [-0.15, -0.1) is 0 Å². The van der Waals surface area contributed by atoms with Crippen LogP contribution in [0.2, 0.25) is 0 Å². The van der Waals surface area contributed by atoms with E-state index in [0.717, 1.165) is 28.6 Å². The van der Waals surface area contributed by atoms with Gasteiger partial charge in [0.2, 0.25) is 0 Å². The topological polar surface area (TPSA) is 88.4 Å². The van der Waals surface area contributed by atoms with Gasteiger partial charge in [-0.25, -0.2) is 0 Å². The van der Waals surface area contributed by atoms with Crippen LogP contribution in [0.15, 0.2) is 48.5 Å². The van der Waals surface area contributed by atoms with Crippen molar-refractivity contribution < 1.29 is 14.8 Å². The second-order valence-electron chi connectivity index (χ2n) is 5.82. The number of hydrogen-bond donors (Lipinski definition) is 2. The predicted molar refractivity (Wildman–Crippen MR) is 96.6 cm³/mol. The summed E-state index contributed by atoms with van der Waals surface area (Å²) in [5, 5.41) is 21.0. The van der Waals surface area contributed by atoms with E-state index >= 15 is 0 Å². The normalized spacial score (nSPS) is 11.1. The molecule has 0 aliphatic heterocycles. The maximum absolute atomic E-state index is 11.5. The lowest BCUT2D eigenvalue weighted by Crippen LogP contribution is -2.02. The molecule has 0 aliphatic carbocycles. The lowest BCUT2D eigenvalue weighted by Gasteiger charge is -2.04. The second kappa shape index (κ2) is 7.92. The number of hydrogen-bond acceptors (Lipinski definition) is 4. The number of aliphatic hydroxyl groups excluding tert-OH is 1. The van der Waals surface area contributed by atoms with Gasteiger partial charge >= 0.3 is 0 Å². The number of nitro benzene ring substituents is 1. The van der Waals surface area contributed by atoms with Crippen LogP contribution >= 0.6 is 0 Å². The molecule has 6 nitrogen and oxygen atoms in total. The summed E-state index contributed by atoms with van der Waals surface area (Å²) in [5.74, 6) is 0. The molecule has 3 rings (SSSR count). The lowest BCUT2D eigenvalue weighted by molar-refractivity contribution is -0.383. The smallest absolute Gasteiger partial charge is 0.293 e. The summed E-state index contributed by atoms with van der Waals surface area (Å²) >= 11 is 0. The molecule has 0 amide bonds. The van der Waals surface area contributed by atoms with Gasteiger partial charge in [-0.2, -0.15) is 0 Å². The number of fused-ring (bicyclic) bond motifs is 1. The lowest BCUT2D eigenvalue weighted by atomic mass is 10.1. The molecule has 130 valence electrons. The molecule has 2 aromatic carbocycles. The van der Waals surface area contributed by atoms with E-state index in [4.69, 9.17) is 9.84 Å². The van der Waals surface area contributed by atoms with Crippen LogP contribution in [0.5, 0.6) is 0 Å². The largest absolute Gasteiger partial charge is 0.394 e. The Bertz CT molecular complexity index is 858. The van der Waals surface area contributed by atoms with Crippen molar-refractivity contribution in [3.8, 4) is 11.3 Å². The van der Waals surface area contributed by atoms with E-state index in [-0.39, 0.29) is 17.2 Å². The predicted octanol–water partition coefficient (Wildman–Crippen LogP) is 3.68. The van der Waals surface area contributed by atoms with Gasteiger partial charge in [-0.1, -0.05) is 30.3 Å². The summed E-state index contributed by atoms with van der Waals surface area (Å²) in [5.41, 5.74) is 3.40. The standard InChI is InChI=1S/C19H20N2O4/c22-8-10-25-9-4-5-14-11-16-13-17(15-6-2-1-3-7-15)20-19(16)18(12-14)21(23)24/h1-3,6-7,11-13,20,22H,4-5,8-10H2. The molecule has 0 unspecified atom stereocenters. The van der Waals surface area contributed by atoms with Crippen molar-refractivity contribution in [2.24, 2.45) is 0 Å². The highest BCUT2D eigenvalue weighted by molar-refractivity contribution is 5.93.